The highest BCUT2D eigenvalue weighted by Gasteiger charge is 2.31. The van der Waals surface area contributed by atoms with Crippen molar-refractivity contribution in [2.75, 3.05) is 13.2 Å². The molecule has 0 amide bonds. The number of hydrazone groups is 1. The number of fused-ring (bicyclic) bond motifs is 1. The largest absolute Gasteiger partial charge is 0.394 e. The number of nitro groups is 1. The van der Waals surface area contributed by atoms with Gasteiger partial charge in [0.25, 0.3) is 15.7 Å². The molecule has 9 nitrogen and oxygen atoms in total. The Morgan fingerprint density at radius 2 is 1.88 bits per heavy atom. The Labute approximate surface area is 149 Å². The lowest BCUT2D eigenvalue weighted by Crippen LogP contribution is -2.28. The number of nitrogens with zero attached hydrogens (tertiary/aromatic N) is 4. The minimum Gasteiger partial charge on any atom is -0.394 e. The first-order valence-electron chi connectivity index (χ1n) is 7.53. The summed E-state index contributed by atoms with van der Waals surface area (Å²) < 4.78 is 28.1. The predicted molar refractivity (Wildman–Crippen MR) is 94.6 cm³/mol. The van der Waals surface area contributed by atoms with Gasteiger partial charge in [-0.25, -0.2) is 5.01 Å². The molecular formula is C16H14N4O5S. The van der Waals surface area contributed by atoms with Gasteiger partial charge in [-0.2, -0.15) is 13.5 Å². The van der Waals surface area contributed by atoms with Crippen LogP contribution in [0.5, 0.6) is 0 Å². The van der Waals surface area contributed by atoms with E-state index in [9.17, 15) is 23.6 Å². The first kappa shape index (κ1) is 17.7. The van der Waals surface area contributed by atoms with Crippen LogP contribution >= 0.6 is 0 Å². The maximum Gasteiger partial charge on any atom is 0.285 e. The van der Waals surface area contributed by atoms with Crippen LogP contribution in [0.4, 0.5) is 5.69 Å². The summed E-state index contributed by atoms with van der Waals surface area (Å²) in [5, 5.41) is 25.4. The van der Waals surface area contributed by atoms with Gasteiger partial charge in [-0.15, -0.1) is 4.40 Å². The minimum atomic E-state index is -3.80. The van der Waals surface area contributed by atoms with Gasteiger partial charge in [0.05, 0.1) is 24.3 Å². The molecule has 1 N–H and O–H groups in total. The van der Waals surface area contributed by atoms with Crippen LogP contribution in [-0.4, -0.2) is 48.7 Å². The molecule has 0 saturated carbocycles. The maximum atomic E-state index is 12.2. The summed E-state index contributed by atoms with van der Waals surface area (Å²) in [5.41, 5.74) is 0.935. The van der Waals surface area contributed by atoms with Gasteiger partial charge in [0.1, 0.15) is 4.90 Å². The number of benzene rings is 2. The second kappa shape index (κ2) is 7.02. The molecule has 2 aromatic rings. The van der Waals surface area contributed by atoms with Crippen LogP contribution in [0.3, 0.4) is 0 Å². The van der Waals surface area contributed by atoms with Crippen molar-refractivity contribution in [3.8, 4) is 0 Å². The molecule has 1 aliphatic heterocycles. The molecule has 0 radical (unpaired) electrons. The lowest BCUT2D eigenvalue weighted by atomic mass is 10.2. The Morgan fingerprint density at radius 1 is 1.19 bits per heavy atom. The Morgan fingerprint density at radius 3 is 2.54 bits per heavy atom. The molecule has 0 unspecified atom stereocenters. The summed E-state index contributed by atoms with van der Waals surface area (Å²) in [6, 6.07) is 12.1. The summed E-state index contributed by atoms with van der Waals surface area (Å²) in [4.78, 5) is 10.3. The molecule has 0 spiro atoms. The molecule has 0 atom stereocenters. The monoisotopic (exact) mass is 374 g/mol. The summed E-state index contributed by atoms with van der Waals surface area (Å²) >= 11 is 0. The van der Waals surface area contributed by atoms with Gasteiger partial charge < -0.3 is 5.11 Å². The van der Waals surface area contributed by atoms with Crippen molar-refractivity contribution < 1.29 is 18.4 Å². The summed E-state index contributed by atoms with van der Waals surface area (Å²) in [6.45, 7) is -0.231. The van der Waals surface area contributed by atoms with Gasteiger partial charge in [0, 0.05) is 17.7 Å². The molecule has 1 aliphatic rings. The maximum absolute atomic E-state index is 12.2. The zero-order valence-electron chi connectivity index (χ0n) is 13.4. The number of aliphatic hydroxyl groups excluding tert-OH is 1. The molecule has 0 aliphatic carbocycles. The topological polar surface area (TPSA) is 125 Å². The fourth-order valence-corrected chi connectivity index (χ4v) is 3.61. The van der Waals surface area contributed by atoms with Crippen LogP contribution in [-0.2, 0) is 10.0 Å². The van der Waals surface area contributed by atoms with Gasteiger partial charge in [-0.1, -0.05) is 12.1 Å². The molecule has 0 aromatic heterocycles. The van der Waals surface area contributed by atoms with E-state index in [1.54, 1.807) is 18.2 Å². The second-order valence-electron chi connectivity index (χ2n) is 5.33. The number of hydrogen-bond acceptors (Lipinski definition) is 7. The number of nitro benzene ring substituents is 1. The zero-order valence-corrected chi connectivity index (χ0v) is 14.2. The van der Waals surface area contributed by atoms with Crippen LogP contribution in [0, 0.1) is 10.1 Å². The van der Waals surface area contributed by atoms with E-state index in [-0.39, 0.29) is 29.6 Å². The van der Waals surface area contributed by atoms with Crippen molar-refractivity contribution in [1.29, 1.82) is 0 Å². The van der Waals surface area contributed by atoms with Gasteiger partial charge in [-0.3, -0.25) is 10.1 Å². The standard InChI is InChI=1S/C16H14N4O5S/c21-10-9-19(17-11-12-5-7-13(8-6-12)20(22)23)16-14-3-1-2-4-15(14)26(24,25)18-16/h1-8,11,21H,9-10H2/b17-11-. The van der Waals surface area contributed by atoms with Crippen molar-refractivity contribution in [3.63, 3.8) is 0 Å². The third-order valence-corrected chi connectivity index (χ3v) is 4.94. The smallest absolute Gasteiger partial charge is 0.285 e. The van der Waals surface area contributed by atoms with Crippen LogP contribution in [0.1, 0.15) is 11.1 Å². The molecule has 134 valence electrons. The average Bonchev–Trinajstić information content (AvgIpc) is 2.90. The first-order valence-corrected chi connectivity index (χ1v) is 8.97. The predicted octanol–water partition coefficient (Wildman–Crippen LogP) is 1.37. The van der Waals surface area contributed by atoms with Crippen molar-refractivity contribution in [3.05, 3.63) is 69.8 Å². The fourth-order valence-electron chi connectivity index (χ4n) is 2.41. The quantitative estimate of drug-likeness (QED) is 0.479. The average molecular weight is 374 g/mol. The second-order valence-corrected chi connectivity index (χ2v) is 6.90. The minimum absolute atomic E-state index is 0.0339. The molecular weight excluding hydrogens is 360 g/mol. The van der Waals surface area contributed by atoms with Crippen molar-refractivity contribution in [1.82, 2.24) is 5.01 Å². The van der Waals surface area contributed by atoms with Gasteiger partial charge in [0.2, 0.25) is 0 Å². The molecule has 3 rings (SSSR count). The van der Waals surface area contributed by atoms with E-state index in [1.807, 2.05) is 0 Å². The third kappa shape index (κ3) is 3.46. The highest BCUT2D eigenvalue weighted by Crippen LogP contribution is 2.27. The van der Waals surface area contributed by atoms with Crippen molar-refractivity contribution in [2.24, 2.45) is 9.50 Å². The lowest BCUT2D eigenvalue weighted by molar-refractivity contribution is -0.384. The molecule has 10 heteroatoms. The molecule has 0 bridgehead atoms. The Kier molecular flexibility index (Phi) is 4.78. The highest BCUT2D eigenvalue weighted by molar-refractivity contribution is 7.90. The lowest BCUT2D eigenvalue weighted by Gasteiger charge is -2.17. The van der Waals surface area contributed by atoms with E-state index in [4.69, 9.17) is 0 Å². The highest BCUT2D eigenvalue weighted by atomic mass is 32.2. The molecule has 0 fully saturated rings. The van der Waals surface area contributed by atoms with E-state index < -0.39 is 14.9 Å². The van der Waals surface area contributed by atoms with Gasteiger partial charge >= 0.3 is 0 Å². The van der Waals surface area contributed by atoms with E-state index in [0.717, 1.165) is 0 Å². The first-order chi connectivity index (χ1) is 12.4. The number of aliphatic hydroxyl groups is 1. The zero-order chi connectivity index (χ0) is 18.7. The third-order valence-electron chi connectivity index (χ3n) is 3.62. The van der Waals surface area contributed by atoms with Crippen LogP contribution < -0.4 is 0 Å². The van der Waals surface area contributed by atoms with Crippen molar-refractivity contribution >= 4 is 27.8 Å². The van der Waals surface area contributed by atoms with Crippen LogP contribution in [0.2, 0.25) is 0 Å². The van der Waals surface area contributed by atoms with Gasteiger partial charge in [-0.05, 0) is 29.8 Å². The van der Waals surface area contributed by atoms with E-state index in [1.165, 1.54) is 41.6 Å². The van der Waals surface area contributed by atoms with Gasteiger partial charge in [0.15, 0.2) is 5.84 Å². The Hall–Kier alpha value is -3.11. The molecule has 2 aromatic carbocycles. The number of rotatable bonds is 5. The Balaban J connectivity index is 1.92. The summed E-state index contributed by atoms with van der Waals surface area (Å²) in [5.74, 6) is 0.118. The molecule has 26 heavy (non-hydrogen) atoms. The van der Waals surface area contributed by atoms with E-state index >= 15 is 0 Å². The number of amidine groups is 1. The number of hydrogen-bond donors (Lipinski definition) is 1. The summed E-state index contributed by atoms with van der Waals surface area (Å²) in [6.07, 6.45) is 1.41. The van der Waals surface area contributed by atoms with E-state index in [0.29, 0.717) is 11.1 Å². The van der Waals surface area contributed by atoms with E-state index in [2.05, 4.69) is 9.50 Å². The number of sulfonamides is 1. The summed E-state index contributed by atoms with van der Waals surface area (Å²) in [7, 11) is -3.80. The fraction of sp³-hybridized carbons (Fsp3) is 0.125. The normalized spacial score (nSPS) is 14.9. The Bertz CT molecular complexity index is 1000. The van der Waals surface area contributed by atoms with Crippen molar-refractivity contribution in [2.45, 2.75) is 4.90 Å². The molecule has 1 heterocycles. The van der Waals surface area contributed by atoms with Crippen LogP contribution in [0.25, 0.3) is 0 Å². The SMILES string of the molecule is O=[N+]([O-])c1ccc(/C=N\N(CCO)C2=NS(=O)(=O)c3ccccc32)cc1. The van der Waals surface area contributed by atoms with Crippen LogP contribution in [0.15, 0.2) is 62.9 Å². The number of non-ortho nitro benzene ring substituents is 1. The molecule has 0 saturated heterocycles.